The number of hydrogen-bond donors (Lipinski definition) is 1. The molecule has 1 aromatic rings. The zero-order chi connectivity index (χ0) is 22.2. The van der Waals surface area contributed by atoms with E-state index in [0.29, 0.717) is 56.1 Å². The summed E-state index contributed by atoms with van der Waals surface area (Å²) >= 11 is 0. The highest BCUT2D eigenvalue weighted by Gasteiger charge is 2.45. The third kappa shape index (κ3) is 4.21. The van der Waals surface area contributed by atoms with E-state index in [2.05, 4.69) is 10.2 Å². The van der Waals surface area contributed by atoms with Crippen LogP contribution in [0.5, 0.6) is 0 Å². The van der Waals surface area contributed by atoms with E-state index in [9.17, 15) is 14.4 Å². The van der Waals surface area contributed by atoms with Crippen molar-refractivity contribution >= 4 is 23.5 Å². The topological polar surface area (TPSA) is 73.0 Å². The van der Waals surface area contributed by atoms with Crippen molar-refractivity contribution in [3.05, 3.63) is 29.8 Å². The first-order chi connectivity index (χ1) is 15.5. The first-order valence-corrected chi connectivity index (χ1v) is 12.2. The standard InChI is InChI=1S/C25H34N4O3/c1-17-5-7-21(8-6-17)26-24(31)19-9-11-27(12-10-19)25(32)28-14-18-13-20(16-28)22-3-2-4-23(30)29(22)15-18/h5-8,18-20,22H,2-4,9-16H2,1H3,(H,26,31)/t18-,20+,22+/m0/s1. The van der Waals surface area contributed by atoms with E-state index in [1.54, 1.807) is 0 Å². The Bertz CT molecular complexity index is 878. The van der Waals surface area contributed by atoms with Crippen molar-refractivity contribution in [1.82, 2.24) is 14.7 Å². The molecule has 4 heterocycles. The van der Waals surface area contributed by atoms with Crippen molar-refractivity contribution < 1.29 is 14.4 Å². The zero-order valence-corrected chi connectivity index (χ0v) is 19.0. The van der Waals surface area contributed by atoms with Gasteiger partial charge in [0.25, 0.3) is 0 Å². The lowest BCUT2D eigenvalue weighted by molar-refractivity contribution is -0.144. The fourth-order valence-corrected chi connectivity index (χ4v) is 6.18. The highest BCUT2D eigenvalue weighted by molar-refractivity contribution is 5.92. The number of amides is 4. The zero-order valence-electron chi connectivity index (χ0n) is 19.0. The second-order valence-corrected chi connectivity index (χ2v) is 10.2. The summed E-state index contributed by atoms with van der Waals surface area (Å²) in [6.07, 6.45) is 5.29. The molecule has 3 atom stereocenters. The minimum absolute atomic E-state index is 0.0514. The molecular weight excluding hydrogens is 404 g/mol. The van der Waals surface area contributed by atoms with Crippen molar-refractivity contribution in [2.24, 2.45) is 17.8 Å². The summed E-state index contributed by atoms with van der Waals surface area (Å²) in [6.45, 7) is 5.61. The molecule has 0 radical (unpaired) electrons. The summed E-state index contributed by atoms with van der Waals surface area (Å²) in [6, 6.07) is 8.29. The predicted octanol–water partition coefficient (Wildman–Crippen LogP) is 3.10. The third-order valence-corrected chi connectivity index (χ3v) is 7.91. The van der Waals surface area contributed by atoms with Crippen LogP contribution in [0.2, 0.25) is 0 Å². The minimum Gasteiger partial charge on any atom is -0.339 e. The van der Waals surface area contributed by atoms with Crippen LogP contribution in [0, 0.1) is 24.7 Å². The van der Waals surface area contributed by atoms with Crippen LogP contribution in [0.15, 0.2) is 24.3 Å². The van der Waals surface area contributed by atoms with Gasteiger partial charge < -0.3 is 20.0 Å². The lowest BCUT2D eigenvalue weighted by Crippen LogP contribution is -2.62. The van der Waals surface area contributed by atoms with E-state index in [1.165, 1.54) is 5.56 Å². The Hall–Kier alpha value is -2.57. The summed E-state index contributed by atoms with van der Waals surface area (Å²) in [5.41, 5.74) is 1.99. The second-order valence-electron chi connectivity index (χ2n) is 10.2. The van der Waals surface area contributed by atoms with Gasteiger partial charge in [-0.15, -0.1) is 0 Å². The normalized spacial score (nSPS) is 28.3. The molecule has 32 heavy (non-hydrogen) atoms. The van der Waals surface area contributed by atoms with E-state index in [4.69, 9.17) is 0 Å². The molecule has 5 rings (SSSR count). The number of piperidine rings is 4. The second kappa shape index (κ2) is 8.75. The molecule has 7 heteroatoms. The van der Waals surface area contributed by atoms with Crippen LogP contribution in [0.25, 0.3) is 0 Å². The first-order valence-electron chi connectivity index (χ1n) is 12.2. The molecule has 1 aromatic carbocycles. The average molecular weight is 439 g/mol. The number of rotatable bonds is 2. The number of carbonyl (C=O) groups excluding carboxylic acids is 3. The Labute approximate surface area is 190 Å². The lowest BCUT2D eigenvalue weighted by Gasteiger charge is -2.53. The molecule has 4 saturated heterocycles. The fourth-order valence-electron chi connectivity index (χ4n) is 6.18. The average Bonchev–Trinajstić information content (AvgIpc) is 2.81. The van der Waals surface area contributed by atoms with Crippen molar-refractivity contribution in [3.63, 3.8) is 0 Å². The third-order valence-electron chi connectivity index (χ3n) is 7.91. The number of benzene rings is 1. The quantitative estimate of drug-likeness (QED) is 0.771. The molecule has 4 amide bonds. The van der Waals surface area contributed by atoms with E-state index in [0.717, 1.165) is 44.6 Å². The number of aryl methyl sites for hydroxylation is 1. The maximum atomic E-state index is 13.3. The number of nitrogens with one attached hydrogen (secondary N) is 1. The number of fused-ring (bicyclic) bond motifs is 4. The monoisotopic (exact) mass is 438 g/mol. The Balaban J connectivity index is 1.14. The van der Waals surface area contributed by atoms with Gasteiger partial charge in [-0.3, -0.25) is 9.59 Å². The summed E-state index contributed by atoms with van der Waals surface area (Å²) in [5.74, 6) is 1.11. The minimum atomic E-state index is -0.0529. The number of hydrogen-bond acceptors (Lipinski definition) is 3. The van der Waals surface area contributed by atoms with Gasteiger partial charge in [-0.25, -0.2) is 4.79 Å². The summed E-state index contributed by atoms with van der Waals surface area (Å²) in [4.78, 5) is 44.4. The van der Waals surface area contributed by atoms with Gasteiger partial charge in [0.05, 0.1) is 0 Å². The van der Waals surface area contributed by atoms with Gasteiger partial charge in [-0.05, 0) is 63.0 Å². The van der Waals surface area contributed by atoms with Crippen LogP contribution < -0.4 is 5.32 Å². The van der Waals surface area contributed by atoms with Gasteiger partial charge >= 0.3 is 6.03 Å². The van der Waals surface area contributed by atoms with Gasteiger partial charge in [0.1, 0.15) is 0 Å². The number of carbonyl (C=O) groups is 3. The van der Waals surface area contributed by atoms with Crippen molar-refractivity contribution in [2.75, 3.05) is 38.0 Å². The van der Waals surface area contributed by atoms with Crippen LogP contribution in [0.4, 0.5) is 10.5 Å². The maximum Gasteiger partial charge on any atom is 0.320 e. The Morgan fingerprint density at radius 3 is 2.47 bits per heavy atom. The number of nitrogens with zero attached hydrogens (tertiary/aromatic N) is 3. The summed E-state index contributed by atoms with van der Waals surface area (Å²) in [7, 11) is 0. The van der Waals surface area contributed by atoms with Crippen molar-refractivity contribution in [1.29, 1.82) is 0 Å². The number of urea groups is 1. The van der Waals surface area contributed by atoms with Crippen LogP contribution in [0.3, 0.4) is 0 Å². The Morgan fingerprint density at radius 1 is 0.969 bits per heavy atom. The Morgan fingerprint density at radius 2 is 1.72 bits per heavy atom. The Kier molecular flexibility index (Phi) is 5.82. The summed E-state index contributed by atoms with van der Waals surface area (Å²) < 4.78 is 0. The van der Waals surface area contributed by atoms with Gasteiger partial charge in [0.2, 0.25) is 11.8 Å². The predicted molar refractivity (Wildman–Crippen MR) is 122 cm³/mol. The fraction of sp³-hybridized carbons (Fsp3) is 0.640. The van der Waals surface area contributed by atoms with E-state index in [1.807, 2.05) is 41.0 Å². The highest BCUT2D eigenvalue weighted by Crippen LogP contribution is 2.38. The molecule has 7 nitrogen and oxygen atoms in total. The van der Waals surface area contributed by atoms with Crippen molar-refractivity contribution in [3.8, 4) is 0 Å². The van der Waals surface area contributed by atoms with Gasteiger partial charge in [0.15, 0.2) is 0 Å². The molecule has 0 aromatic heterocycles. The molecule has 4 fully saturated rings. The molecule has 172 valence electrons. The number of likely N-dealkylation sites (tertiary alicyclic amines) is 2. The number of anilines is 1. The van der Waals surface area contributed by atoms with Gasteiger partial charge in [0, 0.05) is 56.8 Å². The summed E-state index contributed by atoms with van der Waals surface area (Å²) in [5, 5.41) is 3.02. The van der Waals surface area contributed by atoms with E-state index < -0.39 is 0 Å². The van der Waals surface area contributed by atoms with Crippen LogP contribution in [-0.4, -0.2) is 71.3 Å². The SMILES string of the molecule is Cc1ccc(NC(=O)C2CCN(C(=O)N3C[C@@H]4C[C@H](C3)[C@H]3CCCC(=O)N3C4)CC2)cc1. The molecule has 2 bridgehead atoms. The molecule has 0 unspecified atom stereocenters. The molecule has 4 aliphatic rings. The first kappa shape index (κ1) is 21.3. The molecular formula is C25H34N4O3. The highest BCUT2D eigenvalue weighted by atomic mass is 16.2. The van der Waals surface area contributed by atoms with Crippen LogP contribution in [-0.2, 0) is 9.59 Å². The lowest BCUT2D eigenvalue weighted by atomic mass is 9.76. The van der Waals surface area contributed by atoms with Gasteiger partial charge in [-0.2, -0.15) is 0 Å². The van der Waals surface area contributed by atoms with E-state index >= 15 is 0 Å². The maximum absolute atomic E-state index is 13.3. The molecule has 0 aliphatic carbocycles. The molecule has 0 saturated carbocycles. The van der Waals surface area contributed by atoms with Crippen LogP contribution >= 0.6 is 0 Å². The molecule has 4 aliphatic heterocycles. The largest absolute Gasteiger partial charge is 0.339 e. The smallest absolute Gasteiger partial charge is 0.320 e. The van der Waals surface area contributed by atoms with E-state index in [-0.39, 0.29) is 17.9 Å². The van der Waals surface area contributed by atoms with Gasteiger partial charge in [-0.1, -0.05) is 17.7 Å². The van der Waals surface area contributed by atoms with Crippen molar-refractivity contribution in [2.45, 2.75) is 51.5 Å². The molecule has 0 spiro atoms. The van der Waals surface area contributed by atoms with Crippen LogP contribution in [0.1, 0.15) is 44.1 Å². The molecule has 1 N–H and O–H groups in total.